The summed E-state index contributed by atoms with van der Waals surface area (Å²) < 4.78 is 10.9. The molecule has 0 atom stereocenters. The first kappa shape index (κ1) is 17.1. The van der Waals surface area contributed by atoms with E-state index in [1.54, 1.807) is 4.90 Å². The van der Waals surface area contributed by atoms with Gasteiger partial charge < -0.3 is 19.7 Å². The first-order valence-electron chi connectivity index (χ1n) is 9.73. The van der Waals surface area contributed by atoms with Crippen LogP contribution in [0.25, 0.3) is 0 Å². The molecular weight excluding hydrogens is 356 g/mol. The Kier molecular flexibility index (Phi) is 4.00. The molecule has 5 rings (SSSR count). The Balaban J connectivity index is 1.33. The van der Waals surface area contributed by atoms with Gasteiger partial charge in [0.2, 0.25) is 12.7 Å². The predicted molar refractivity (Wildman–Crippen MR) is 102 cm³/mol. The van der Waals surface area contributed by atoms with Crippen molar-refractivity contribution >= 4 is 11.8 Å². The van der Waals surface area contributed by atoms with Gasteiger partial charge in [0.05, 0.1) is 5.54 Å². The van der Waals surface area contributed by atoms with E-state index in [9.17, 15) is 9.59 Å². The van der Waals surface area contributed by atoms with Crippen LogP contribution in [0.2, 0.25) is 0 Å². The molecule has 2 heterocycles. The molecule has 144 valence electrons. The van der Waals surface area contributed by atoms with E-state index in [-0.39, 0.29) is 25.2 Å². The van der Waals surface area contributed by atoms with Crippen LogP contribution in [0.4, 0.5) is 0 Å². The Morgan fingerprint density at radius 3 is 2.68 bits per heavy atom. The lowest BCUT2D eigenvalue weighted by Crippen LogP contribution is -2.48. The minimum Gasteiger partial charge on any atom is -0.454 e. The zero-order valence-electron chi connectivity index (χ0n) is 15.6. The second-order valence-electron chi connectivity index (χ2n) is 7.72. The highest BCUT2D eigenvalue weighted by molar-refractivity contribution is 6.00. The van der Waals surface area contributed by atoms with Crippen molar-refractivity contribution in [1.29, 1.82) is 0 Å². The number of hydrogen-bond donors (Lipinski definition) is 1. The normalized spacial score (nSPS) is 19.0. The van der Waals surface area contributed by atoms with Crippen LogP contribution >= 0.6 is 0 Å². The molecule has 0 unspecified atom stereocenters. The number of carbonyl (C=O) groups excluding carboxylic acids is 2. The molecule has 6 nitrogen and oxygen atoms in total. The van der Waals surface area contributed by atoms with Gasteiger partial charge in [0.15, 0.2) is 11.5 Å². The van der Waals surface area contributed by atoms with Crippen molar-refractivity contribution in [3.05, 3.63) is 59.2 Å². The SMILES string of the molecule is O=C(CN1Cc2ccccc2C1=O)NC1(c2ccc3c(c2)OCO3)CCCC1. The van der Waals surface area contributed by atoms with E-state index in [2.05, 4.69) is 5.32 Å². The van der Waals surface area contributed by atoms with E-state index in [4.69, 9.17) is 9.47 Å². The number of nitrogens with one attached hydrogen (secondary N) is 1. The summed E-state index contributed by atoms with van der Waals surface area (Å²) in [7, 11) is 0. The molecule has 0 spiro atoms. The molecule has 3 aliphatic rings. The fraction of sp³-hybridized carbons (Fsp3) is 0.364. The van der Waals surface area contributed by atoms with Crippen LogP contribution in [0, 0.1) is 0 Å². The van der Waals surface area contributed by atoms with Crippen LogP contribution in [0.5, 0.6) is 11.5 Å². The van der Waals surface area contributed by atoms with Crippen LogP contribution < -0.4 is 14.8 Å². The van der Waals surface area contributed by atoms with Crippen LogP contribution in [-0.4, -0.2) is 30.1 Å². The lowest BCUT2D eigenvalue weighted by Gasteiger charge is -2.32. The highest BCUT2D eigenvalue weighted by Gasteiger charge is 2.39. The fourth-order valence-electron chi connectivity index (χ4n) is 4.58. The van der Waals surface area contributed by atoms with Gasteiger partial charge in [-0.05, 0) is 42.2 Å². The first-order chi connectivity index (χ1) is 13.6. The average Bonchev–Trinajstić information content (AvgIpc) is 3.42. The lowest BCUT2D eigenvalue weighted by molar-refractivity contribution is -0.123. The Morgan fingerprint density at radius 1 is 1.07 bits per heavy atom. The van der Waals surface area contributed by atoms with Crippen molar-refractivity contribution in [2.75, 3.05) is 13.3 Å². The van der Waals surface area contributed by atoms with E-state index in [1.165, 1.54) is 0 Å². The third-order valence-corrected chi connectivity index (χ3v) is 5.99. The number of fused-ring (bicyclic) bond motifs is 2. The Labute approximate surface area is 163 Å². The monoisotopic (exact) mass is 378 g/mol. The molecule has 1 N–H and O–H groups in total. The minimum atomic E-state index is -0.409. The van der Waals surface area contributed by atoms with Gasteiger partial charge in [0.25, 0.3) is 5.91 Å². The van der Waals surface area contributed by atoms with Crippen molar-refractivity contribution in [2.24, 2.45) is 0 Å². The van der Waals surface area contributed by atoms with E-state index < -0.39 is 5.54 Å². The minimum absolute atomic E-state index is 0.0693. The summed E-state index contributed by atoms with van der Waals surface area (Å²) >= 11 is 0. The predicted octanol–water partition coefficient (Wildman–Crippen LogP) is 2.96. The second-order valence-corrected chi connectivity index (χ2v) is 7.72. The number of carbonyl (C=O) groups is 2. The van der Waals surface area contributed by atoms with E-state index in [0.29, 0.717) is 12.1 Å². The summed E-state index contributed by atoms with van der Waals surface area (Å²) in [6.45, 7) is 0.787. The maximum atomic E-state index is 12.9. The van der Waals surface area contributed by atoms with Gasteiger partial charge in [-0.1, -0.05) is 37.1 Å². The van der Waals surface area contributed by atoms with Crippen molar-refractivity contribution in [2.45, 2.75) is 37.8 Å². The van der Waals surface area contributed by atoms with Gasteiger partial charge in [-0.25, -0.2) is 0 Å². The molecule has 2 amide bonds. The summed E-state index contributed by atoms with van der Waals surface area (Å²) in [4.78, 5) is 27.1. The smallest absolute Gasteiger partial charge is 0.254 e. The van der Waals surface area contributed by atoms with Crippen molar-refractivity contribution in [1.82, 2.24) is 10.2 Å². The van der Waals surface area contributed by atoms with Gasteiger partial charge in [0.1, 0.15) is 6.54 Å². The van der Waals surface area contributed by atoms with Crippen LogP contribution in [-0.2, 0) is 16.9 Å². The highest BCUT2D eigenvalue weighted by atomic mass is 16.7. The topological polar surface area (TPSA) is 67.9 Å². The molecule has 1 saturated carbocycles. The first-order valence-corrected chi connectivity index (χ1v) is 9.73. The van der Waals surface area contributed by atoms with Gasteiger partial charge in [-0.15, -0.1) is 0 Å². The van der Waals surface area contributed by atoms with Crippen LogP contribution in [0.15, 0.2) is 42.5 Å². The van der Waals surface area contributed by atoms with E-state index in [1.807, 2.05) is 42.5 Å². The van der Waals surface area contributed by atoms with Crippen molar-refractivity contribution in [3.8, 4) is 11.5 Å². The third-order valence-electron chi connectivity index (χ3n) is 5.99. The Morgan fingerprint density at radius 2 is 1.86 bits per heavy atom. The van der Waals surface area contributed by atoms with Gasteiger partial charge in [-0.2, -0.15) is 0 Å². The third kappa shape index (κ3) is 2.80. The van der Waals surface area contributed by atoms with Gasteiger partial charge in [0, 0.05) is 12.1 Å². The number of rotatable bonds is 4. The molecule has 28 heavy (non-hydrogen) atoms. The average molecular weight is 378 g/mol. The standard InChI is InChI=1S/C22H22N2O4/c25-20(13-24-12-15-5-1-2-6-17(15)21(24)26)23-22(9-3-4-10-22)16-7-8-18-19(11-16)28-14-27-18/h1-2,5-8,11H,3-4,9-10,12-14H2,(H,23,25). The fourth-order valence-corrected chi connectivity index (χ4v) is 4.58. The molecular formula is C22H22N2O4. The molecule has 6 heteroatoms. The maximum Gasteiger partial charge on any atom is 0.254 e. The molecule has 1 aliphatic carbocycles. The van der Waals surface area contributed by atoms with Gasteiger partial charge >= 0.3 is 0 Å². The number of ether oxygens (including phenoxy) is 2. The molecule has 0 aromatic heterocycles. The summed E-state index contributed by atoms with van der Waals surface area (Å²) in [6, 6.07) is 13.4. The summed E-state index contributed by atoms with van der Waals surface area (Å²) in [6.07, 6.45) is 3.88. The number of amides is 2. The van der Waals surface area contributed by atoms with E-state index >= 15 is 0 Å². The zero-order valence-corrected chi connectivity index (χ0v) is 15.6. The summed E-state index contributed by atoms with van der Waals surface area (Å²) in [5.74, 6) is 1.27. The van der Waals surface area contributed by atoms with Crippen LogP contribution in [0.1, 0.15) is 47.2 Å². The molecule has 2 aromatic carbocycles. The Bertz CT molecular complexity index is 949. The Hall–Kier alpha value is -3.02. The van der Waals surface area contributed by atoms with Gasteiger partial charge in [-0.3, -0.25) is 9.59 Å². The number of benzene rings is 2. The van der Waals surface area contributed by atoms with Crippen molar-refractivity contribution < 1.29 is 19.1 Å². The quantitative estimate of drug-likeness (QED) is 0.888. The maximum absolute atomic E-state index is 12.9. The largest absolute Gasteiger partial charge is 0.454 e. The zero-order chi connectivity index (χ0) is 19.1. The highest BCUT2D eigenvalue weighted by Crippen LogP contribution is 2.43. The molecule has 0 radical (unpaired) electrons. The van der Waals surface area contributed by atoms with E-state index in [0.717, 1.165) is 48.3 Å². The molecule has 2 aliphatic heterocycles. The lowest BCUT2D eigenvalue weighted by atomic mass is 9.87. The summed E-state index contributed by atoms with van der Waals surface area (Å²) in [5.41, 5.74) is 2.31. The molecule has 0 bridgehead atoms. The second kappa shape index (κ2) is 6.55. The number of hydrogen-bond acceptors (Lipinski definition) is 4. The van der Waals surface area contributed by atoms with Crippen LogP contribution in [0.3, 0.4) is 0 Å². The number of nitrogens with zero attached hydrogens (tertiary/aromatic N) is 1. The molecule has 0 saturated heterocycles. The van der Waals surface area contributed by atoms with Crippen molar-refractivity contribution in [3.63, 3.8) is 0 Å². The molecule has 2 aromatic rings. The molecule has 1 fully saturated rings. The summed E-state index contributed by atoms with van der Waals surface area (Å²) in [5, 5.41) is 3.24.